The molecular formula is C21H23BrN4O3S. The van der Waals surface area contributed by atoms with Gasteiger partial charge in [-0.3, -0.25) is 4.79 Å². The minimum absolute atomic E-state index is 0.0148. The number of carbonyl (C=O) groups excluding carboxylic acids is 1. The monoisotopic (exact) mass is 490 g/mol. The van der Waals surface area contributed by atoms with Gasteiger partial charge in [0.15, 0.2) is 11.5 Å². The summed E-state index contributed by atoms with van der Waals surface area (Å²) in [6.45, 7) is 5.34. The molecule has 1 saturated heterocycles. The topological polar surface area (TPSA) is 67.8 Å². The molecule has 1 aliphatic heterocycles. The average molecular weight is 491 g/mol. The third-order valence-electron chi connectivity index (χ3n) is 5.03. The number of benzene rings is 1. The van der Waals surface area contributed by atoms with E-state index in [1.165, 1.54) is 0 Å². The first kappa shape index (κ1) is 20.9. The van der Waals surface area contributed by atoms with Crippen LogP contribution in [0.1, 0.15) is 23.7 Å². The van der Waals surface area contributed by atoms with Crippen molar-refractivity contribution >= 4 is 49.2 Å². The van der Waals surface area contributed by atoms with Gasteiger partial charge in [-0.2, -0.15) is 0 Å². The molecule has 0 saturated carbocycles. The lowest BCUT2D eigenvalue weighted by Crippen LogP contribution is -2.49. The summed E-state index contributed by atoms with van der Waals surface area (Å²) in [6, 6.07) is 5.62. The summed E-state index contributed by atoms with van der Waals surface area (Å²) in [5.41, 5.74) is 0.582. The molecule has 3 aromatic rings. The first-order chi connectivity index (χ1) is 14.6. The molecule has 0 atom stereocenters. The van der Waals surface area contributed by atoms with Crippen molar-refractivity contribution in [2.24, 2.45) is 0 Å². The summed E-state index contributed by atoms with van der Waals surface area (Å²) >= 11 is 5.13. The molecule has 0 bridgehead atoms. The minimum atomic E-state index is -0.0148. The van der Waals surface area contributed by atoms with Gasteiger partial charge in [0.25, 0.3) is 5.91 Å². The highest BCUT2D eigenvalue weighted by atomic mass is 79.9. The van der Waals surface area contributed by atoms with Crippen LogP contribution in [0.15, 0.2) is 34.4 Å². The highest BCUT2D eigenvalue weighted by Gasteiger charge is 2.25. The van der Waals surface area contributed by atoms with Gasteiger partial charge < -0.3 is 19.3 Å². The van der Waals surface area contributed by atoms with E-state index in [1.807, 2.05) is 23.3 Å². The number of fused-ring (bicyclic) bond motifs is 1. The Balaban J connectivity index is 1.48. The Bertz CT molecular complexity index is 1050. The summed E-state index contributed by atoms with van der Waals surface area (Å²) in [4.78, 5) is 27.0. The van der Waals surface area contributed by atoms with Gasteiger partial charge in [0.1, 0.15) is 17.0 Å². The molecule has 9 heteroatoms. The normalized spacial score (nSPS) is 14.2. The molecule has 2 aromatic heterocycles. The van der Waals surface area contributed by atoms with Crippen LogP contribution in [-0.2, 0) is 0 Å². The fourth-order valence-corrected chi connectivity index (χ4v) is 4.80. The Labute approximate surface area is 187 Å². The van der Waals surface area contributed by atoms with Crippen molar-refractivity contribution < 1.29 is 14.3 Å². The van der Waals surface area contributed by atoms with Crippen LogP contribution < -0.4 is 14.4 Å². The number of amides is 1. The van der Waals surface area contributed by atoms with Gasteiger partial charge >= 0.3 is 0 Å². The molecule has 1 amide bonds. The maximum Gasteiger partial charge on any atom is 0.254 e. The summed E-state index contributed by atoms with van der Waals surface area (Å²) in [7, 11) is 1.58. The summed E-state index contributed by atoms with van der Waals surface area (Å²) in [5.74, 6) is 2.11. The number of nitrogens with zero attached hydrogens (tertiary/aromatic N) is 4. The third kappa shape index (κ3) is 4.09. The van der Waals surface area contributed by atoms with E-state index in [1.54, 1.807) is 30.8 Å². The molecule has 158 valence electrons. The van der Waals surface area contributed by atoms with Crippen LogP contribution in [0, 0.1) is 0 Å². The van der Waals surface area contributed by atoms with Crippen molar-refractivity contribution in [3.63, 3.8) is 0 Å². The molecule has 0 N–H and O–H groups in total. The van der Waals surface area contributed by atoms with E-state index in [4.69, 9.17) is 9.47 Å². The van der Waals surface area contributed by atoms with Crippen molar-refractivity contribution in [2.75, 3.05) is 44.8 Å². The van der Waals surface area contributed by atoms with Crippen LogP contribution in [0.25, 0.3) is 10.2 Å². The molecule has 3 heterocycles. The van der Waals surface area contributed by atoms with E-state index >= 15 is 0 Å². The number of methoxy groups -OCH3 is 1. The second kappa shape index (κ2) is 9.18. The largest absolute Gasteiger partial charge is 0.493 e. The highest BCUT2D eigenvalue weighted by molar-refractivity contribution is 9.10. The number of ether oxygens (including phenoxy) is 2. The van der Waals surface area contributed by atoms with E-state index in [0.717, 1.165) is 40.0 Å². The number of carbonyl (C=O) groups is 1. The number of aromatic nitrogens is 2. The van der Waals surface area contributed by atoms with Crippen LogP contribution in [0.3, 0.4) is 0 Å². The van der Waals surface area contributed by atoms with Crippen molar-refractivity contribution in [1.82, 2.24) is 14.9 Å². The molecule has 1 aliphatic rings. The van der Waals surface area contributed by atoms with Gasteiger partial charge in [-0.05, 0) is 45.9 Å². The lowest BCUT2D eigenvalue weighted by Gasteiger charge is -2.35. The van der Waals surface area contributed by atoms with E-state index in [0.29, 0.717) is 36.8 Å². The van der Waals surface area contributed by atoms with E-state index in [2.05, 4.69) is 36.9 Å². The fraction of sp³-hybridized carbons (Fsp3) is 0.381. The van der Waals surface area contributed by atoms with Gasteiger partial charge in [0, 0.05) is 31.7 Å². The smallest absolute Gasteiger partial charge is 0.254 e. The Kier molecular flexibility index (Phi) is 6.38. The zero-order valence-electron chi connectivity index (χ0n) is 16.9. The summed E-state index contributed by atoms with van der Waals surface area (Å²) < 4.78 is 11.9. The number of halogens is 1. The summed E-state index contributed by atoms with van der Waals surface area (Å²) in [5, 5.41) is 3.10. The maximum absolute atomic E-state index is 13.1. The predicted molar refractivity (Wildman–Crippen MR) is 122 cm³/mol. The number of hydrogen-bond acceptors (Lipinski definition) is 7. The maximum atomic E-state index is 13.1. The van der Waals surface area contributed by atoms with E-state index < -0.39 is 0 Å². The summed E-state index contributed by atoms with van der Waals surface area (Å²) in [6.07, 6.45) is 2.50. The molecule has 0 aliphatic carbocycles. The van der Waals surface area contributed by atoms with Crippen molar-refractivity contribution in [3.8, 4) is 11.5 Å². The minimum Gasteiger partial charge on any atom is -0.493 e. The van der Waals surface area contributed by atoms with Crippen LogP contribution in [0.4, 0.5) is 5.82 Å². The van der Waals surface area contributed by atoms with Crippen LogP contribution in [0.2, 0.25) is 0 Å². The van der Waals surface area contributed by atoms with Gasteiger partial charge in [-0.15, -0.1) is 11.3 Å². The number of hydrogen-bond donors (Lipinski definition) is 0. The molecule has 0 spiro atoms. The first-order valence-electron chi connectivity index (χ1n) is 9.85. The highest BCUT2D eigenvalue weighted by Crippen LogP contribution is 2.37. The first-order valence-corrected chi connectivity index (χ1v) is 11.5. The SMILES string of the molecule is CCCOc1c(Br)cc(C(=O)N2CCN(c3ncnc4sccc34)CC2)cc1OC. The van der Waals surface area contributed by atoms with Gasteiger partial charge in [-0.1, -0.05) is 6.92 Å². The standard InChI is InChI=1S/C21H23BrN4O3S/c1-3-9-29-18-16(22)11-14(12-17(18)28-2)21(27)26-7-5-25(6-8-26)19-15-4-10-30-20(15)24-13-23-19/h4,10-13H,3,5-9H2,1-2H3. The van der Waals surface area contributed by atoms with Crippen LogP contribution in [0.5, 0.6) is 11.5 Å². The Morgan fingerprint density at radius 2 is 2.03 bits per heavy atom. The number of anilines is 1. The lowest BCUT2D eigenvalue weighted by molar-refractivity contribution is 0.0746. The Morgan fingerprint density at radius 3 is 2.77 bits per heavy atom. The van der Waals surface area contributed by atoms with E-state index in [9.17, 15) is 4.79 Å². The average Bonchev–Trinajstić information content (AvgIpc) is 3.26. The zero-order valence-corrected chi connectivity index (χ0v) is 19.3. The Morgan fingerprint density at radius 1 is 1.23 bits per heavy atom. The molecule has 1 aromatic carbocycles. The second-order valence-corrected chi connectivity index (χ2v) is 8.70. The van der Waals surface area contributed by atoms with Crippen LogP contribution >= 0.6 is 27.3 Å². The molecule has 4 rings (SSSR count). The van der Waals surface area contributed by atoms with Gasteiger partial charge in [0.05, 0.1) is 23.6 Å². The second-order valence-electron chi connectivity index (χ2n) is 6.95. The van der Waals surface area contributed by atoms with Crippen molar-refractivity contribution in [3.05, 3.63) is 39.9 Å². The molecule has 0 unspecified atom stereocenters. The van der Waals surface area contributed by atoms with Gasteiger partial charge in [-0.25, -0.2) is 9.97 Å². The number of rotatable bonds is 6. The Hall–Kier alpha value is -2.39. The third-order valence-corrected chi connectivity index (χ3v) is 6.44. The number of piperazine rings is 1. The molecule has 30 heavy (non-hydrogen) atoms. The number of thiophene rings is 1. The van der Waals surface area contributed by atoms with Crippen LogP contribution in [-0.4, -0.2) is 60.7 Å². The quantitative estimate of drug-likeness (QED) is 0.515. The molecule has 7 nitrogen and oxygen atoms in total. The predicted octanol–water partition coefficient (Wildman–Crippen LogP) is 4.21. The van der Waals surface area contributed by atoms with Gasteiger partial charge in [0.2, 0.25) is 0 Å². The molecule has 1 fully saturated rings. The zero-order chi connectivity index (χ0) is 21.1. The van der Waals surface area contributed by atoms with Crippen molar-refractivity contribution in [2.45, 2.75) is 13.3 Å². The van der Waals surface area contributed by atoms with Crippen molar-refractivity contribution in [1.29, 1.82) is 0 Å². The molecular weight excluding hydrogens is 468 g/mol. The lowest BCUT2D eigenvalue weighted by atomic mass is 10.1. The van der Waals surface area contributed by atoms with E-state index in [-0.39, 0.29) is 5.91 Å². The molecule has 0 radical (unpaired) electrons. The fourth-order valence-electron chi connectivity index (χ4n) is 3.52.